The van der Waals surface area contributed by atoms with E-state index in [9.17, 15) is 14.7 Å². The maximum atomic E-state index is 12.2. The van der Waals surface area contributed by atoms with Crippen molar-refractivity contribution in [3.63, 3.8) is 0 Å². The van der Waals surface area contributed by atoms with Crippen LogP contribution < -0.4 is 5.32 Å². The summed E-state index contributed by atoms with van der Waals surface area (Å²) in [6, 6.07) is 7.31. The Balaban J connectivity index is 1.52. The Bertz CT molecular complexity index is 812. The number of hydrogen-bond acceptors (Lipinski definition) is 4. The fourth-order valence-electron chi connectivity index (χ4n) is 3.48. The predicted octanol–water partition coefficient (Wildman–Crippen LogP) is 4.08. The highest BCUT2D eigenvalue weighted by atomic mass is 35.5. The average molecular weight is 391 g/mol. The molecule has 0 spiro atoms. The van der Waals surface area contributed by atoms with E-state index in [-0.39, 0.29) is 18.9 Å². The van der Waals surface area contributed by atoms with E-state index in [0.717, 1.165) is 24.8 Å². The number of nitrogens with zero attached hydrogens (tertiary/aromatic N) is 1. The number of benzene rings is 1. The van der Waals surface area contributed by atoms with E-state index in [1.807, 2.05) is 18.2 Å². The van der Waals surface area contributed by atoms with Crippen LogP contribution in [0.1, 0.15) is 44.4 Å². The number of amides is 1. The molecule has 144 valence electrons. The summed E-state index contributed by atoms with van der Waals surface area (Å²) in [7, 11) is 0. The number of hydrogen-bond donors (Lipinski definition) is 2. The first kappa shape index (κ1) is 19.4. The number of carbonyl (C=O) groups is 2. The van der Waals surface area contributed by atoms with Crippen LogP contribution in [-0.2, 0) is 16.0 Å². The summed E-state index contributed by atoms with van der Waals surface area (Å²) in [4.78, 5) is 28.0. The molecule has 1 aromatic carbocycles. The molecule has 1 heterocycles. The number of aliphatic carboxylic acids is 1. The van der Waals surface area contributed by atoms with Crippen molar-refractivity contribution in [1.82, 2.24) is 10.3 Å². The van der Waals surface area contributed by atoms with Crippen molar-refractivity contribution in [2.24, 2.45) is 5.41 Å². The van der Waals surface area contributed by atoms with Crippen LogP contribution in [0.4, 0.5) is 0 Å². The van der Waals surface area contributed by atoms with Crippen LogP contribution in [-0.4, -0.2) is 28.5 Å². The second-order valence-electron chi connectivity index (χ2n) is 7.02. The second-order valence-corrected chi connectivity index (χ2v) is 7.43. The number of rotatable bonds is 7. The minimum Gasteiger partial charge on any atom is -0.481 e. The fraction of sp³-hybridized carbons (Fsp3) is 0.450. The van der Waals surface area contributed by atoms with Gasteiger partial charge in [-0.05, 0) is 25.0 Å². The molecular weight excluding hydrogens is 368 g/mol. The zero-order valence-corrected chi connectivity index (χ0v) is 15.8. The minimum atomic E-state index is -0.825. The van der Waals surface area contributed by atoms with Gasteiger partial charge in [-0.1, -0.05) is 43.0 Å². The molecule has 0 radical (unpaired) electrons. The summed E-state index contributed by atoms with van der Waals surface area (Å²) in [6.45, 7) is 0.178. The molecule has 1 aliphatic carbocycles. The van der Waals surface area contributed by atoms with Crippen molar-refractivity contribution in [2.75, 3.05) is 6.54 Å². The van der Waals surface area contributed by atoms with Gasteiger partial charge in [0.25, 0.3) is 0 Å². The van der Waals surface area contributed by atoms with Crippen molar-refractivity contribution in [3.05, 3.63) is 41.4 Å². The van der Waals surface area contributed by atoms with Crippen LogP contribution in [0.15, 0.2) is 34.9 Å². The van der Waals surface area contributed by atoms with Gasteiger partial charge in [-0.25, -0.2) is 4.98 Å². The quantitative estimate of drug-likeness (QED) is 0.743. The number of halogens is 1. The van der Waals surface area contributed by atoms with Crippen LogP contribution >= 0.6 is 11.6 Å². The summed E-state index contributed by atoms with van der Waals surface area (Å²) in [6.07, 6.45) is 6.20. The SMILES string of the molecule is O=C(CCc1ncc(-c2ccccc2Cl)o1)NCC1(C(=O)O)CCCCC1. The normalized spacial score (nSPS) is 16.0. The Morgan fingerprint density at radius 3 is 2.67 bits per heavy atom. The van der Waals surface area contributed by atoms with E-state index in [1.165, 1.54) is 0 Å². The lowest BCUT2D eigenvalue weighted by Gasteiger charge is -2.33. The van der Waals surface area contributed by atoms with Crippen LogP contribution in [0.2, 0.25) is 5.02 Å². The molecular formula is C20H23ClN2O4. The number of oxazole rings is 1. The molecule has 7 heteroatoms. The number of nitrogens with one attached hydrogen (secondary N) is 1. The van der Waals surface area contributed by atoms with Crippen LogP contribution in [0.3, 0.4) is 0 Å². The molecule has 1 fully saturated rings. The third kappa shape index (κ3) is 4.69. The van der Waals surface area contributed by atoms with Gasteiger partial charge in [0, 0.05) is 24.9 Å². The Hall–Kier alpha value is -2.34. The maximum Gasteiger partial charge on any atom is 0.311 e. The monoisotopic (exact) mass is 390 g/mol. The minimum absolute atomic E-state index is 0.178. The average Bonchev–Trinajstić information content (AvgIpc) is 3.14. The molecule has 3 rings (SSSR count). The van der Waals surface area contributed by atoms with E-state index in [0.29, 0.717) is 35.9 Å². The van der Waals surface area contributed by atoms with E-state index in [4.69, 9.17) is 16.0 Å². The standard InChI is InChI=1S/C20H23ClN2O4/c21-15-7-3-2-6-14(15)16-12-22-18(27-16)9-8-17(24)23-13-20(19(25)26)10-4-1-5-11-20/h2-3,6-7,12H,1,4-5,8-11,13H2,(H,23,24)(H,25,26). The number of carboxylic acid groups (broad SMARTS) is 1. The Kier molecular flexibility index (Phi) is 6.16. The molecule has 1 amide bonds. The first-order chi connectivity index (χ1) is 13.0. The largest absolute Gasteiger partial charge is 0.481 e. The molecule has 0 saturated heterocycles. The van der Waals surface area contributed by atoms with Gasteiger partial charge in [0.2, 0.25) is 5.91 Å². The molecule has 0 atom stereocenters. The number of carbonyl (C=O) groups excluding carboxylic acids is 1. The zero-order chi connectivity index (χ0) is 19.3. The molecule has 0 aliphatic heterocycles. The molecule has 1 aromatic heterocycles. The van der Waals surface area contributed by atoms with Crippen molar-refractivity contribution >= 4 is 23.5 Å². The van der Waals surface area contributed by atoms with E-state index < -0.39 is 11.4 Å². The van der Waals surface area contributed by atoms with Crippen LogP contribution in [0.25, 0.3) is 11.3 Å². The zero-order valence-electron chi connectivity index (χ0n) is 15.0. The second kappa shape index (κ2) is 8.57. The van der Waals surface area contributed by atoms with Gasteiger partial charge in [0.1, 0.15) is 0 Å². The highest BCUT2D eigenvalue weighted by Gasteiger charge is 2.39. The molecule has 1 saturated carbocycles. The summed E-state index contributed by atoms with van der Waals surface area (Å²) >= 11 is 6.15. The molecule has 2 N–H and O–H groups in total. The topological polar surface area (TPSA) is 92.4 Å². The van der Waals surface area contributed by atoms with Gasteiger partial charge in [-0.15, -0.1) is 0 Å². The lowest BCUT2D eigenvalue weighted by atomic mass is 9.74. The summed E-state index contributed by atoms with van der Waals surface area (Å²) in [5.41, 5.74) is -0.0725. The highest BCUT2D eigenvalue weighted by molar-refractivity contribution is 6.33. The van der Waals surface area contributed by atoms with E-state index in [2.05, 4.69) is 10.3 Å². The fourth-order valence-corrected chi connectivity index (χ4v) is 3.71. The molecule has 2 aromatic rings. The maximum absolute atomic E-state index is 12.2. The predicted molar refractivity (Wildman–Crippen MR) is 101 cm³/mol. The third-order valence-electron chi connectivity index (χ3n) is 5.15. The van der Waals surface area contributed by atoms with Gasteiger partial charge in [-0.3, -0.25) is 9.59 Å². The molecule has 0 bridgehead atoms. The van der Waals surface area contributed by atoms with Crippen molar-refractivity contribution < 1.29 is 19.1 Å². The van der Waals surface area contributed by atoms with Gasteiger partial charge in [-0.2, -0.15) is 0 Å². The molecule has 6 nitrogen and oxygen atoms in total. The van der Waals surface area contributed by atoms with Crippen molar-refractivity contribution in [2.45, 2.75) is 44.9 Å². The van der Waals surface area contributed by atoms with Gasteiger partial charge in [0.05, 0.1) is 16.6 Å². The first-order valence-electron chi connectivity index (χ1n) is 9.20. The Labute approximate surface area is 162 Å². The Morgan fingerprint density at radius 1 is 1.22 bits per heavy atom. The highest BCUT2D eigenvalue weighted by Crippen LogP contribution is 2.36. The van der Waals surface area contributed by atoms with Gasteiger partial charge >= 0.3 is 5.97 Å². The summed E-state index contributed by atoms with van der Waals surface area (Å²) < 4.78 is 5.68. The van der Waals surface area contributed by atoms with Crippen LogP contribution in [0.5, 0.6) is 0 Å². The number of aromatic nitrogens is 1. The summed E-state index contributed by atoms with van der Waals surface area (Å²) in [5, 5.41) is 12.9. The van der Waals surface area contributed by atoms with Crippen molar-refractivity contribution in [1.29, 1.82) is 0 Å². The molecule has 1 aliphatic rings. The number of carboxylic acids is 1. The third-order valence-corrected chi connectivity index (χ3v) is 5.48. The van der Waals surface area contributed by atoms with E-state index in [1.54, 1.807) is 12.3 Å². The van der Waals surface area contributed by atoms with E-state index >= 15 is 0 Å². The van der Waals surface area contributed by atoms with Gasteiger partial charge in [0.15, 0.2) is 11.7 Å². The Morgan fingerprint density at radius 2 is 1.96 bits per heavy atom. The smallest absolute Gasteiger partial charge is 0.311 e. The van der Waals surface area contributed by atoms with Gasteiger partial charge < -0.3 is 14.8 Å². The van der Waals surface area contributed by atoms with Crippen LogP contribution in [0, 0.1) is 5.41 Å². The molecule has 27 heavy (non-hydrogen) atoms. The lowest BCUT2D eigenvalue weighted by molar-refractivity contribution is -0.151. The lowest BCUT2D eigenvalue weighted by Crippen LogP contribution is -2.44. The first-order valence-corrected chi connectivity index (χ1v) is 9.58. The van der Waals surface area contributed by atoms with Crippen molar-refractivity contribution in [3.8, 4) is 11.3 Å². The summed E-state index contributed by atoms with van der Waals surface area (Å²) in [5.74, 6) is -0.00740. The molecule has 0 unspecified atom stereocenters. The number of aryl methyl sites for hydroxylation is 1.